The van der Waals surface area contributed by atoms with Gasteiger partial charge in [-0.2, -0.15) is 0 Å². The van der Waals surface area contributed by atoms with Gasteiger partial charge in [0.15, 0.2) is 0 Å². The van der Waals surface area contributed by atoms with Gasteiger partial charge in [0.05, 0.1) is 12.5 Å². The highest BCUT2D eigenvalue weighted by molar-refractivity contribution is 5.96. The van der Waals surface area contributed by atoms with Gasteiger partial charge in [-0.1, -0.05) is 13.8 Å². The summed E-state index contributed by atoms with van der Waals surface area (Å²) in [6, 6.07) is -4.14. The zero-order valence-corrected chi connectivity index (χ0v) is 16.3. The molecule has 0 aliphatic carbocycles. The van der Waals surface area contributed by atoms with Crippen molar-refractivity contribution in [3.63, 3.8) is 0 Å². The number of nitrogens with one attached hydrogen (secondary N) is 2. The van der Waals surface area contributed by atoms with E-state index in [0.717, 1.165) is 0 Å². The van der Waals surface area contributed by atoms with E-state index in [9.17, 15) is 29.1 Å². The molecule has 0 spiro atoms. The zero-order valence-electron chi connectivity index (χ0n) is 16.3. The molecule has 158 valence electrons. The molecule has 0 saturated carbocycles. The van der Waals surface area contributed by atoms with Gasteiger partial charge in [-0.15, -0.1) is 0 Å². The number of nitrogens with zero attached hydrogens (tertiary/aromatic N) is 1. The summed E-state index contributed by atoms with van der Waals surface area (Å²) in [4.78, 5) is 61.2. The number of carboxylic acid groups (broad SMARTS) is 1. The summed E-state index contributed by atoms with van der Waals surface area (Å²) in [5, 5.41) is 13.9. The lowest BCUT2D eigenvalue weighted by atomic mass is 10.0. The van der Waals surface area contributed by atoms with E-state index >= 15 is 0 Å². The summed E-state index contributed by atoms with van der Waals surface area (Å²) in [6.45, 7) is 5.09. The van der Waals surface area contributed by atoms with Crippen LogP contribution in [0.3, 0.4) is 0 Å². The minimum atomic E-state index is -1.35. The molecule has 0 aromatic rings. The molecular weight excluding hydrogens is 370 g/mol. The first kappa shape index (κ1) is 23.3. The predicted octanol–water partition coefficient (Wildman–Crippen LogP) is -2.09. The number of aliphatic carboxylic acids is 1. The van der Waals surface area contributed by atoms with E-state index in [1.165, 1.54) is 11.8 Å². The van der Waals surface area contributed by atoms with Crippen molar-refractivity contribution in [2.45, 2.75) is 64.2 Å². The largest absolute Gasteiger partial charge is 0.480 e. The van der Waals surface area contributed by atoms with Crippen molar-refractivity contribution in [3.05, 3.63) is 0 Å². The highest BCUT2D eigenvalue weighted by atomic mass is 16.4. The summed E-state index contributed by atoms with van der Waals surface area (Å²) in [6.07, 6.45) is 0.479. The van der Waals surface area contributed by atoms with E-state index in [1.807, 2.05) is 0 Å². The first-order valence-corrected chi connectivity index (χ1v) is 9.13. The second-order valence-electron chi connectivity index (χ2n) is 7.28. The predicted molar refractivity (Wildman–Crippen MR) is 98.5 cm³/mol. The molecule has 4 atom stereocenters. The number of primary amides is 1. The number of hydrogen-bond donors (Lipinski definition) is 5. The molecule has 1 aliphatic heterocycles. The third kappa shape index (κ3) is 6.19. The van der Waals surface area contributed by atoms with Crippen molar-refractivity contribution >= 4 is 29.6 Å². The third-order valence-electron chi connectivity index (χ3n) is 4.50. The minimum absolute atomic E-state index is 0.361. The summed E-state index contributed by atoms with van der Waals surface area (Å²) >= 11 is 0. The number of nitrogens with two attached hydrogens (primary N) is 2. The Balaban J connectivity index is 2.91. The van der Waals surface area contributed by atoms with Crippen LogP contribution in [0, 0.1) is 5.92 Å². The lowest BCUT2D eigenvalue weighted by molar-refractivity contribution is -0.144. The van der Waals surface area contributed by atoms with Crippen molar-refractivity contribution < 1.29 is 29.1 Å². The van der Waals surface area contributed by atoms with Crippen LogP contribution in [0.5, 0.6) is 0 Å². The van der Waals surface area contributed by atoms with Gasteiger partial charge in [-0.05, 0) is 25.7 Å². The molecule has 0 aromatic heterocycles. The fourth-order valence-electron chi connectivity index (χ4n) is 3.01. The van der Waals surface area contributed by atoms with Crippen LogP contribution in [-0.2, 0) is 24.0 Å². The Labute approximate surface area is 163 Å². The van der Waals surface area contributed by atoms with Crippen LogP contribution in [0.1, 0.15) is 40.0 Å². The molecule has 0 aromatic carbocycles. The fourth-order valence-corrected chi connectivity index (χ4v) is 3.01. The van der Waals surface area contributed by atoms with Gasteiger partial charge in [0.2, 0.25) is 23.6 Å². The quantitative estimate of drug-likeness (QED) is 0.294. The summed E-state index contributed by atoms with van der Waals surface area (Å²) < 4.78 is 0. The summed E-state index contributed by atoms with van der Waals surface area (Å²) in [5.41, 5.74) is 10.8. The van der Waals surface area contributed by atoms with Crippen LogP contribution in [-0.4, -0.2) is 70.3 Å². The zero-order chi connectivity index (χ0) is 21.6. The second-order valence-corrected chi connectivity index (χ2v) is 7.28. The van der Waals surface area contributed by atoms with E-state index in [4.69, 9.17) is 11.5 Å². The topological polar surface area (TPSA) is 185 Å². The number of likely N-dealkylation sites (tertiary alicyclic amines) is 1. The van der Waals surface area contributed by atoms with Crippen molar-refractivity contribution in [2.24, 2.45) is 17.4 Å². The molecule has 1 fully saturated rings. The van der Waals surface area contributed by atoms with Crippen LogP contribution < -0.4 is 22.1 Å². The molecule has 0 radical (unpaired) electrons. The number of carboxylic acids is 1. The molecule has 1 saturated heterocycles. The molecule has 0 bridgehead atoms. The molecule has 11 heteroatoms. The maximum absolute atomic E-state index is 12.6. The van der Waals surface area contributed by atoms with Gasteiger partial charge in [0.1, 0.15) is 18.1 Å². The lowest BCUT2D eigenvalue weighted by Gasteiger charge is -2.28. The highest BCUT2D eigenvalue weighted by Gasteiger charge is 2.37. The number of rotatable bonds is 9. The van der Waals surface area contributed by atoms with Crippen molar-refractivity contribution in [2.75, 3.05) is 6.54 Å². The van der Waals surface area contributed by atoms with E-state index in [-0.39, 0.29) is 5.91 Å². The highest BCUT2D eigenvalue weighted by Crippen LogP contribution is 2.18. The van der Waals surface area contributed by atoms with E-state index in [1.54, 1.807) is 13.8 Å². The van der Waals surface area contributed by atoms with Gasteiger partial charge in [0.25, 0.3) is 0 Å². The second kappa shape index (κ2) is 10.0. The first-order chi connectivity index (χ1) is 13.0. The number of carbonyl (C=O) groups excluding carboxylic acids is 4. The Bertz CT molecular complexity index is 636. The monoisotopic (exact) mass is 399 g/mol. The van der Waals surface area contributed by atoms with Crippen LogP contribution in [0.15, 0.2) is 0 Å². The van der Waals surface area contributed by atoms with Crippen molar-refractivity contribution in [1.82, 2.24) is 15.5 Å². The van der Waals surface area contributed by atoms with Gasteiger partial charge < -0.3 is 32.1 Å². The van der Waals surface area contributed by atoms with Crippen molar-refractivity contribution in [1.29, 1.82) is 0 Å². The summed E-state index contributed by atoms with van der Waals surface area (Å²) in [7, 11) is 0. The van der Waals surface area contributed by atoms with E-state index in [2.05, 4.69) is 10.6 Å². The molecule has 11 nitrogen and oxygen atoms in total. The lowest BCUT2D eigenvalue weighted by Crippen LogP contribution is -2.57. The van der Waals surface area contributed by atoms with Gasteiger partial charge in [-0.25, -0.2) is 4.79 Å². The molecule has 4 amide bonds. The smallest absolute Gasteiger partial charge is 0.326 e. The van der Waals surface area contributed by atoms with Gasteiger partial charge >= 0.3 is 5.97 Å². The van der Waals surface area contributed by atoms with Gasteiger partial charge in [-0.3, -0.25) is 19.2 Å². The fraction of sp³-hybridized carbons (Fsp3) is 0.706. The van der Waals surface area contributed by atoms with Crippen molar-refractivity contribution in [3.8, 4) is 0 Å². The Morgan fingerprint density at radius 2 is 1.75 bits per heavy atom. The van der Waals surface area contributed by atoms with Crippen LogP contribution >= 0.6 is 0 Å². The molecule has 4 unspecified atom stereocenters. The normalized spacial score (nSPS) is 19.6. The number of amides is 4. The Morgan fingerprint density at radius 3 is 2.21 bits per heavy atom. The molecule has 28 heavy (non-hydrogen) atoms. The first-order valence-electron chi connectivity index (χ1n) is 9.13. The van der Waals surface area contributed by atoms with E-state index in [0.29, 0.717) is 19.4 Å². The Morgan fingerprint density at radius 1 is 1.14 bits per heavy atom. The Kier molecular flexibility index (Phi) is 8.35. The van der Waals surface area contributed by atoms with Crippen LogP contribution in [0.2, 0.25) is 0 Å². The Hall–Kier alpha value is -2.69. The number of carbonyl (C=O) groups is 5. The maximum Gasteiger partial charge on any atom is 0.326 e. The molecule has 1 rings (SSSR count). The standard InChI is InChI=1S/C17H29N5O6/c1-8(2)13(17(27)28)21-14(24)10(7-12(19)23)20-15(25)11-5-4-6-22(11)16(26)9(3)18/h8-11,13H,4-7,18H2,1-3H3,(H2,19,23)(H,20,25)(H,21,24)(H,27,28). The maximum atomic E-state index is 12.6. The number of hydrogen-bond acceptors (Lipinski definition) is 6. The molecular formula is C17H29N5O6. The van der Waals surface area contributed by atoms with E-state index < -0.39 is 60.2 Å². The third-order valence-corrected chi connectivity index (χ3v) is 4.50. The average molecular weight is 399 g/mol. The van der Waals surface area contributed by atoms with Crippen LogP contribution in [0.4, 0.5) is 0 Å². The minimum Gasteiger partial charge on any atom is -0.480 e. The molecule has 1 aliphatic rings. The molecule has 7 N–H and O–H groups in total. The van der Waals surface area contributed by atoms with Gasteiger partial charge in [0, 0.05) is 6.54 Å². The average Bonchev–Trinajstić information content (AvgIpc) is 3.06. The molecule has 1 heterocycles. The summed E-state index contributed by atoms with van der Waals surface area (Å²) in [5.74, 6) is -4.34. The van der Waals surface area contributed by atoms with Crippen LogP contribution in [0.25, 0.3) is 0 Å². The SMILES string of the molecule is CC(N)C(=O)N1CCCC1C(=O)NC(CC(N)=O)C(=O)NC(C(=O)O)C(C)C.